The van der Waals surface area contributed by atoms with Gasteiger partial charge in [0.05, 0.1) is 0 Å². The molecular formula is C22H58O2Si5. The monoisotopic (exact) mass is 494 g/mol. The van der Waals surface area contributed by atoms with E-state index in [0.29, 0.717) is 11.1 Å². The molecular weight excluding hydrogens is 437 g/mol. The van der Waals surface area contributed by atoms with Crippen molar-refractivity contribution in [2.45, 2.75) is 143 Å². The number of rotatable bonds is 9. The lowest BCUT2D eigenvalue weighted by atomic mass is 10.6. The van der Waals surface area contributed by atoms with Crippen molar-refractivity contribution in [2.24, 2.45) is 0 Å². The zero-order chi connectivity index (χ0) is 24.2. The predicted octanol–water partition coefficient (Wildman–Crippen LogP) is 9.25. The molecule has 0 aliphatic rings. The average molecular weight is 495 g/mol. The molecule has 0 N–H and O–H groups in total. The van der Waals surface area contributed by atoms with Crippen molar-refractivity contribution in [3.05, 3.63) is 0 Å². The minimum Gasteiger partial charge on any atom is -0.436 e. The Balaban J connectivity index is 0. The van der Waals surface area contributed by atoms with Gasteiger partial charge in [0.25, 0.3) is 0 Å². The van der Waals surface area contributed by atoms with Gasteiger partial charge in [-0.25, -0.2) is 0 Å². The minimum absolute atomic E-state index is 0.640. The maximum atomic E-state index is 6.46. The predicted molar refractivity (Wildman–Crippen MR) is 150 cm³/mol. The van der Waals surface area contributed by atoms with Crippen LogP contribution >= 0.6 is 0 Å². The molecule has 29 heavy (non-hydrogen) atoms. The molecule has 0 amide bonds. The van der Waals surface area contributed by atoms with Gasteiger partial charge in [-0.3, -0.25) is 0 Å². The minimum atomic E-state index is -1.98. The summed E-state index contributed by atoms with van der Waals surface area (Å²) < 4.78 is 12.9. The van der Waals surface area contributed by atoms with E-state index in [1.165, 1.54) is 0 Å². The standard InChI is InChI=1S/C12H32O2Si3.C10H26Si2/c1-11(2)15(5,6)13-17(9,10)14-16(7,8)12(3)4;1-9(2)11(5,6)12(7,8)10(3)4/h11-12H,1-10H3;9-10H,1-8H3. The average Bonchev–Trinajstić information content (AvgIpc) is 2.44. The van der Waals surface area contributed by atoms with Crippen molar-refractivity contribution in [3.63, 3.8) is 0 Å². The quantitative estimate of drug-likeness (QED) is 0.297. The van der Waals surface area contributed by atoms with Crippen molar-refractivity contribution in [3.8, 4) is 0 Å². The summed E-state index contributed by atoms with van der Waals surface area (Å²) in [5.74, 6) is 0. The fourth-order valence-corrected chi connectivity index (χ4v) is 27.5. The molecule has 0 aromatic carbocycles. The maximum absolute atomic E-state index is 6.46. The van der Waals surface area contributed by atoms with E-state index in [4.69, 9.17) is 8.23 Å². The van der Waals surface area contributed by atoms with Crippen LogP contribution < -0.4 is 0 Å². The summed E-state index contributed by atoms with van der Waals surface area (Å²) in [7, 11) is -7.02. The highest BCUT2D eigenvalue weighted by atomic mass is 29.3. The molecule has 0 heterocycles. The summed E-state index contributed by atoms with van der Waals surface area (Å²) >= 11 is 0. The maximum Gasteiger partial charge on any atom is 0.311 e. The van der Waals surface area contributed by atoms with E-state index in [1.54, 1.807) is 0 Å². The Morgan fingerprint density at radius 3 is 0.724 bits per heavy atom. The van der Waals surface area contributed by atoms with Crippen molar-refractivity contribution in [1.29, 1.82) is 0 Å². The third-order valence-corrected chi connectivity index (χ3v) is 44.6. The first-order valence-electron chi connectivity index (χ1n) is 11.8. The van der Waals surface area contributed by atoms with E-state index in [9.17, 15) is 0 Å². The van der Waals surface area contributed by atoms with Gasteiger partial charge in [-0.1, -0.05) is 92.7 Å². The molecule has 0 fully saturated rings. The summed E-state index contributed by atoms with van der Waals surface area (Å²) in [5.41, 5.74) is 3.17. The van der Waals surface area contributed by atoms with Gasteiger partial charge in [0, 0.05) is 15.2 Å². The summed E-state index contributed by atoms with van der Waals surface area (Å²) in [5, 5.41) is 0. The largest absolute Gasteiger partial charge is 0.436 e. The van der Waals surface area contributed by atoms with Crippen LogP contribution in [0.1, 0.15) is 55.4 Å². The van der Waals surface area contributed by atoms with Crippen LogP contribution in [0, 0.1) is 0 Å². The van der Waals surface area contributed by atoms with Crippen LogP contribution in [-0.2, 0) is 8.23 Å². The highest BCUT2D eigenvalue weighted by Crippen LogP contribution is 2.37. The zero-order valence-corrected chi connectivity index (χ0v) is 28.6. The Morgan fingerprint density at radius 2 is 0.586 bits per heavy atom. The van der Waals surface area contributed by atoms with Crippen LogP contribution in [0.4, 0.5) is 0 Å². The van der Waals surface area contributed by atoms with Crippen LogP contribution in [0.3, 0.4) is 0 Å². The molecule has 0 saturated carbocycles. The van der Waals surface area contributed by atoms with Gasteiger partial charge in [0.1, 0.15) is 0 Å². The first-order chi connectivity index (χ1) is 12.4. The van der Waals surface area contributed by atoms with E-state index >= 15 is 0 Å². The fraction of sp³-hybridized carbons (Fsp3) is 1.00. The smallest absolute Gasteiger partial charge is 0.311 e. The Bertz CT molecular complexity index is 440. The molecule has 0 aliphatic carbocycles. The van der Waals surface area contributed by atoms with Crippen LogP contribution in [0.15, 0.2) is 0 Å². The zero-order valence-electron chi connectivity index (χ0n) is 23.6. The third kappa shape index (κ3) is 9.99. The normalized spacial score (nSPS) is 14.7. The second-order valence-corrected chi connectivity index (χ2v) is 43.0. The van der Waals surface area contributed by atoms with Crippen molar-refractivity contribution in [2.75, 3.05) is 0 Å². The van der Waals surface area contributed by atoms with Crippen molar-refractivity contribution < 1.29 is 8.23 Å². The molecule has 7 heteroatoms. The fourth-order valence-electron chi connectivity index (χ4n) is 3.01. The second kappa shape index (κ2) is 11.2. The highest BCUT2D eigenvalue weighted by molar-refractivity contribution is 7.41. The van der Waals surface area contributed by atoms with Crippen molar-refractivity contribution >= 4 is 40.4 Å². The molecule has 0 spiro atoms. The van der Waals surface area contributed by atoms with Gasteiger partial charge in [-0.05, 0) is 50.4 Å². The van der Waals surface area contributed by atoms with Gasteiger partial charge in [-0.2, -0.15) is 0 Å². The summed E-state index contributed by atoms with van der Waals surface area (Å²) in [4.78, 5) is 0. The van der Waals surface area contributed by atoms with E-state index < -0.39 is 40.4 Å². The van der Waals surface area contributed by atoms with Gasteiger partial charge in [0.15, 0.2) is 16.6 Å². The van der Waals surface area contributed by atoms with E-state index in [1.807, 2.05) is 0 Å². The molecule has 0 bridgehead atoms. The Hall–Kier alpha value is 1.00. The first kappa shape index (κ1) is 32.2. The molecule has 0 aromatic rings. The Morgan fingerprint density at radius 1 is 0.379 bits per heavy atom. The molecule has 0 atom stereocenters. The molecule has 0 unspecified atom stereocenters. The molecule has 178 valence electrons. The lowest BCUT2D eigenvalue weighted by Crippen LogP contribution is -2.58. The molecule has 0 saturated heterocycles. The lowest BCUT2D eigenvalue weighted by molar-refractivity contribution is 0.379. The molecule has 2 nitrogen and oxygen atoms in total. The van der Waals surface area contributed by atoms with E-state index in [2.05, 4.69) is 121 Å². The van der Waals surface area contributed by atoms with Crippen LogP contribution in [-0.4, -0.2) is 40.4 Å². The SMILES string of the molecule is CC(C)[Si](C)(C)O[Si](C)(C)O[Si](C)(C)C(C)C.CC(C)[Si](C)(C)[Si](C)(C)C(C)C. The van der Waals surface area contributed by atoms with Gasteiger partial charge >= 0.3 is 8.56 Å². The third-order valence-electron chi connectivity index (χ3n) is 8.35. The topological polar surface area (TPSA) is 18.5 Å². The van der Waals surface area contributed by atoms with Crippen molar-refractivity contribution in [1.82, 2.24) is 0 Å². The van der Waals surface area contributed by atoms with Gasteiger partial charge in [0.2, 0.25) is 0 Å². The molecule has 0 rings (SSSR count). The molecule has 0 aliphatic heterocycles. The van der Waals surface area contributed by atoms with Gasteiger partial charge in [-0.15, -0.1) is 0 Å². The number of hydrogen-bond donors (Lipinski definition) is 0. The lowest BCUT2D eigenvalue weighted by Gasteiger charge is -2.44. The Kier molecular flexibility index (Phi) is 12.5. The Labute approximate surface area is 191 Å². The summed E-state index contributed by atoms with van der Waals surface area (Å²) in [6, 6.07) is 0. The van der Waals surface area contributed by atoms with Crippen LogP contribution in [0.25, 0.3) is 0 Å². The molecule has 0 radical (unpaired) electrons. The number of hydrogen-bond acceptors (Lipinski definition) is 2. The first-order valence-corrected chi connectivity index (χ1v) is 27.8. The summed E-state index contributed by atoms with van der Waals surface area (Å²) in [6.07, 6.45) is 0. The van der Waals surface area contributed by atoms with E-state index in [0.717, 1.165) is 11.1 Å². The van der Waals surface area contributed by atoms with Gasteiger partial charge < -0.3 is 8.23 Å². The van der Waals surface area contributed by atoms with Crippen LogP contribution in [0.5, 0.6) is 0 Å². The highest BCUT2D eigenvalue weighted by Gasteiger charge is 2.44. The van der Waals surface area contributed by atoms with Crippen LogP contribution in [0.2, 0.25) is 87.6 Å². The second-order valence-electron chi connectivity index (χ2n) is 12.9. The summed E-state index contributed by atoms with van der Waals surface area (Å²) in [6.45, 7) is 42.7. The molecule has 0 aromatic heterocycles. The van der Waals surface area contributed by atoms with E-state index in [-0.39, 0.29) is 0 Å².